The van der Waals surface area contributed by atoms with Gasteiger partial charge in [-0.25, -0.2) is 0 Å². The zero-order valence-electron chi connectivity index (χ0n) is 16.9. The lowest BCUT2D eigenvalue weighted by Crippen LogP contribution is -2.34. The van der Waals surface area contributed by atoms with Crippen LogP contribution in [0, 0.1) is 39.5 Å². The molecule has 2 heterocycles. The normalized spacial score (nSPS) is 33.6. The van der Waals surface area contributed by atoms with Crippen molar-refractivity contribution in [3.63, 3.8) is 0 Å². The van der Waals surface area contributed by atoms with Crippen molar-refractivity contribution in [2.45, 2.75) is 58.2 Å². The molecule has 2 bridgehead atoms. The van der Waals surface area contributed by atoms with Crippen molar-refractivity contribution in [3.8, 4) is 0 Å². The Morgan fingerprint density at radius 3 is 2.07 bits per heavy atom. The van der Waals surface area contributed by atoms with E-state index in [2.05, 4.69) is 50.2 Å². The smallest absolute Gasteiger partial charge is 0.154 e. The Balaban J connectivity index is 1.51. The van der Waals surface area contributed by atoms with E-state index in [0.29, 0.717) is 0 Å². The molecule has 5 rings (SSSR count). The molecule has 1 aliphatic carbocycles. The van der Waals surface area contributed by atoms with Gasteiger partial charge < -0.3 is 4.74 Å². The molecule has 0 N–H and O–H groups in total. The van der Waals surface area contributed by atoms with Crippen molar-refractivity contribution in [1.29, 1.82) is 0 Å². The van der Waals surface area contributed by atoms with Gasteiger partial charge in [0.1, 0.15) is 5.92 Å². The first-order valence-electron chi connectivity index (χ1n) is 10.2. The van der Waals surface area contributed by atoms with Gasteiger partial charge in [0, 0.05) is 5.92 Å². The molecule has 1 unspecified atom stereocenters. The first kappa shape index (κ1) is 17.8. The fraction of sp³-hybridized carbons (Fsp3) is 0.440. The minimum Gasteiger partial charge on any atom is -0.373 e. The summed E-state index contributed by atoms with van der Waals surface area (Å²) in [6.07, 6.45) is 0.561. The van der Waals surface area contributed by atoms with Crippen molar-refractivity contribution in [2.75, 3.05) is 0 Å². The van der Waals surface area contributed by atoms with Gasteiger partial charge in [0.25, 0.3) is 0 Å². The Kier molecular flexibility index (Phi) is 3.89. The van der Waals surface area contributed by atoms with Gasteiger partial charge in [-0.1, -0.05) is 47.5 Å². The van der Waals surface area contributed by atoms with Gasteiger partial charge in [-0.3, -0.25) is 9.59 Å². The number of carbonyl (C=O) groups excluding carboxylic acids is 2. The number of fused-ring (bicyclic) bond motifs is 5. The van der Waals surface area contributed by atoms with Gasteiger partial charge in [0.15, 0.2) is 11.6 Å². The molecule has 3 nitrogen and oxygen atoms in total. The van der Waals surface area contributed by atoms with E-state index in [1.807, 2.05) is 13.8 Å². The third-order valence-corrected chi connectivity index (χ3v) is 7.11. The number of hydrogen-bond donors (Lipinski definition) is 0. The Morgan fingerprint density at radius 2 is 1.43 bits per heavy atom. The molecule has 2 aliphatic heterocycles. The lowest BCUT2D eigenvalue weighted by atomic mass is 9.73. The Hall–Kier alpha value is -2.26. The van der Waals surface area contributed by atoms with Crippen LogP contribution >= 0.6 is 0 Å². The van der Waals surface area contributed by atoms with Gasteiger partial charge in [-0.15, -0.1) is 0 Å². The maximum absolute atomic E-state index is 13.5. The first-order chi connectivity index (χ1) is 13.4. The Bertz CT molecular complexity index is 964. The molecule has 2 saturated heterocycles. The average molecular weight is 374 g/mol. The van der Waals surface area contributed by atoms with E-state index in [0.717, 1.165) is 23.1 Å². The van der Waals surface area contributed by atoms with Crippen LogP contribution in [-0.2, 0) is 14.3 Å². The molecule has 0 amide bonds. The number of rotatable bonds is 2. The topological polar surface area (TPSA) is 43.4 Å². The molecule has 28 heavy (non-hydrogen) atoms. The van der Waals surface area contributed by atoms with Crippen LogP contribution in [0.3, 0.4) is 0 Å². The van der Waals surface area contributed by atoms with Crippen LogP contribution < -0.4 is 0 Å². The molecular weight excluding hydrogens is 348 g/mol. The first-order valence-corrected chi connectivity index (χ1v) is 10.2. The van der Waals surface area contributed by atoms with Crippen LogP contribution in [0.15, 0.2) is 36.4 Å². The van der Waals surface area contributed by atoms with E-state index in [4.69, 9.17) is 4.74 Å². The number of Topliss-reactive ketones (excluding diaryl/α,β-unsaturated/α-hetero) is 2. The second-order valence-electron chi connectivity index (χ2n) is 8.99. The fourth-order valence-corrected chi connectivity index (χ4v) is 6.03. The van der Waals surface area contributed by atoms with Gasteiger partial charge in [0.2, 0.25) is 0 Å². The fourth-order valence-electron chi connectivity index (χ4n) is 6.03. The van der Waals surface area contributed by atoms with E-state index >= 15 is 0 Å². The molecule has 6 atom stereocenters. The van der Waals surface area contributed by atoms with Crippen LogP contribution in [0.25, 0.3) is 0 Å². The van der Waals surface area contributed by atoms with Crippen molar-refractivity contribution >= 4 is 11.6 Å². The van der Waals surface area contributed by atoms with Gasteiger partial charge >= 0.3 is 0 Å². The van der Waals surface area contributed by atoms with Crippen molar-refractivity contribution < 1.29 is 14.3 Å². The molecule has 3 aliphatic rings. The zero-order valence-corrected chi connectivity index (χ0v) is 16.9. The number of hydrogen-bond acceptors (Lipinski definition) is 3. The van der Waals surface area contributed by atoms with Crippen LogP contribution in [0.1, 0.15) is 51.6 Å². The minimum atomic E-state index is -0.610. The van der Waals surface area contributed by atoms with Crippen molar-refractivity contribution in [3.05, 3.63) is 69.8 Å². The lowest BCUT2D eigenvalue weighted by Gasteiger charge is -2.26. The molecule has 0 aromatic heterocycles. The second-order valence-corrected chi connectivity index (χ2v) is 8.99. The van der Waals surface area contributed by atoms with Crippen LogP contribution in [0.4, 0.5) is 0 Å². The summed E-state index contributed by atoms with van der Waals surface area (Å²) in [4.78, 5) is 26.9. The second kappa shape index (κ2) is 6.12. The monoisotopic (exact) mass is 374 g/mol. The quantitative estimate of drug-likeness (QED) is 0.735. The Labute approximate surface area is 166 Å². The molecule has 0 radical (unpaired) electrons. The molecule has 2 aromatic rings. The minimum absolute atomic E-state index is 0.0781. The van der Waals surface area contributed by atoms with Crippen molar-refractivity contribution in [1.82, 2.24) is 0 Å². The average Bonchev–Trinajstić information content (AvgIpc) is 3.29. The summed E-state index contributed by atoms with van der Waals surface area (Å²) in [5.41, 5.74) is 6.65. The summed E-state index contributed by atoms with van der Waals surface area (Å²) in [7, 11) is 0. The van der Waals surface area contributed by atoms with Crippen LogP contribution in [-0.4, -0.2) is 23.8 Å². The van der Waals surface area contributed by atoms with E-state index < -0.39 is 5.92 Å². The van der Waals surface area contributed by atoms with Crippen molar-refractivity contribution in [2.24, 2.45) is 11.8 Å². The largest absolute Gasteiger partial charge is 0.373 e. The molecule has 3 fully saturated rings. The lowest BCUT2D eigenvalue weighted by molar-refractivity contribution is -0.127. The molecule has 3 heteroatoms. The van der Waals surface area contributed by atoms with E-state index in [9.17, 15) is 9.59 Å². The van der Waals surface area contributed by atoms with Gasteiger partial charge in [0.05, 0.1) is 24.0 Å². The molecule has 0 spiro atoms. The zero-order chi connectivity index (χ0) is 19.7. The summed E-state index contributed by atoms with van der Waals surface area (Å²) in [6.45, 7) is 8.17. The van der Waals surface area contributed by atoms with E-state index in [-0.39, 0.29) is 41.5 Å². The van der Waals surface area contributed by atoms with E-state index in [1.165, 1.54) is 16.7 Å². The number of aryl methyl sites for hydroxylation is 4. The van der Waals surface area contributed by atoms with Crippen LogP contribution in [0.5, 0.6) is 0 Å². The van der Waals surface area contributed by atoms with Gasteiger partial charge in [-0.2, -0.15) is 0 Å². The maximum Gasteiger partial charge on any atom is 0.154 e. The number of ketones is 2. The summed E-state index contributed by atoms with van der Waals surface area (Å²) >= 11 is 0. The molecular formula is C25H26O3. The SMILES string of the molecule is Cc1ccc([C@@H]2C[C@@H]3O[C@H]2[C@H]2C(=O)C(c4c(C)cc(C)cc4C)C(=O)[C@H]23)cc1. The summed E-state index contributed by atoms with van der Waals surface area (Å²) in [5.74, 6) is -0.787. The summed E-state index contributed by atoms with van der Waals surface area (Å²) in [6, 6.07) is 12.7. The predicted molar refractivity (Wildman–Crippen MR) is 108 cm³/mol. The van der Waals surface area contributed by atoms with E-state index in [1.54, 1.807) is 0 Å². The summed E-state index contributed by atoms with van der Waals surface area (Å²) in [5, 5.41) is 0. The number of carbonyl (C=O) groups is 2. The maximum atomic E-state index is 13.5. The highest BCUT2D eigenvalue weighted by atomic mass is 16.5. The van der Waals surface area contributed by atoms with Crippen LogP contribution in [0.2, 0.25) is 0 Å². The molecule has 1 saturated carbocycles. The third kappa shape index (κ3) is 2.39. The third-order valence-electron chi connectivity index (χ3n) is 7.11. The summed E-state index contributed by atoms with van der Waals surface area (Å²) < 4.78 is 6.20. The number of ether oxygens (including phenoxy) is 1. The highest BCUT2D eigenvalue weighted by molar-refractivity contribution is 6.17. The Morgan fingerprint density at radius 1 is 0.821 bits per heavy atom. The highest BCUT2D eigenvalue weighted by Gasteiger charge is 2.65. The molecule has 2 aromatic carbocycles. The predicted octanol–water partition coefficient (Wildman–Crippen LogP) is 4.34. The number of benzene rings is 2. The standard InChI is InChI=1S/C25H26O3/c1-12-5-7-16(8-6-12)17-11-18-20-22(25(17)28-18)24(27)21(23(20)26)19-14(3)9-13(2)10-15(19)4/h5-10,17-18,20-22,25H,11H2,1-4H3/t17-,18-,20-,21?,22+,25+/m0/s1. The van der Waals surface area contributed by atoms with Gasteiger partial charge in [-0.05, 0) is 56.4 Å². The highest BCUT2D eigenvalue weighted by Crippen LogP contribution is 2.57. The molecule has 144 valence electrons.